The molecule has 0 bridgehead atoms. The van der Waals surface area contributed by atoms with Crippen LogP contribution in [0.3, 0.4) is 0 Å². The second kappa shape index (κ2) is 5.12. The molecule has 0 radical (unpaired) electrons. The predicted octanol–water partition coefficient (Wildman–Crippen LogP) is 2.46. The van der Waals surface area contributed by atoms with Gasteiger partial charge >= 0.3 is 0 Å². The molecule has 2 atom stereocenters. The van der Waals surface area contributed by atoms with Gasteiger partial charge in [0.2, 0.25) is 0 Å². The monoisotopic (exact) mass is 218 g/mol. The Labute approximate surface area is 96.7 Å². The Bertz CT molecular complexity index is 340. The number of ether oxygens (including phenoxy) is 1. The van der Waals surface area contributed by atoms with Gasteiger partial charge in [-0.3, -0.25) is 0 Å². The van der Waals surface area contributed by atoms with Crippen LogP contribution < -0.4 is 0 Å². The van der Waals surface area contributed by atoms with Gasteiger partial charge in [0.05, 0.1) is 24.2 Å². The molecule has 2 rings (SSSR count). The first kappa shape index (κ1) is 11.1. The Hall–Kier alpha value is -1.35. The zero-order valence-corrected chi connectivity index (χ0v) is 9.84. The maximum atomic E-state index is 5.67. The summed E-state index contributed by atoms with van der Waals surface area (Å²) in [4.78, 5) is 6.66. The van der Waals surface area contributed by atoms with Crippen LogP contribution in [0.4, 0.5) is 5.69 Å². The van der Waals surface area contributed by atoms with E-state index >= 15 is 0 Å². The molecule has 86 valence electrons. The normalized spacial score (nSPS) is 26.2. The molecule has 1 aromatic carbocycles. The van der Waals surface area contributed by atoms with E-state index in [2.05, 4.69) is 23.7 Å². The average Bonchev–Trinajstić information content (AvgIpc) is 2.27. The second-order valence-electron chi connectivity index (χ2n) is 4.29. The van der Waals surface area contributed by atoms with E-state index in [-0.39, 0.29) is 12.2 Å². The van der Waals surface area contributed by atoms with Gasteiger partial charge in [0.25, 0.3) is 0 Å². The summed E-state index contributed by atoms with van der Waals surface area (Å²) in [6.07, 6.45) is 2.49. The minimum atomic E-state index is 0.283. The summed E-state index contributed by atoms with van der Waals surface area (Å²) in [6, 6.07) is 10.00. The van der Waals surface area contributed by atoms with Crippen LogP contribution in [0, 0.1) is 0 Å². The molecule has 2 unspecified atom stereocenters. The molecule has 1 aliphatic rings. The van der Waals surface area contributed by atoms with Gasteiger partial charge in [0.1, 0.15) is 0 Å². The number of hydrogen-bond acceptors (Lipinski definition) is 2. The van der Waals surface area contributed by atoms with Crippen molar-refractivity contribution in [1.82, 2.24) is 4.90 Å². The molecule has 0 saturated carbocycles. The molecule has 0 amide bonds. The van der Waals surface area contributed by atoms with Gasteiger partial charge in [-0.2, -0.15) is 0 Å². The lowest BCUT2D eigenvalue weighted by atomic mass is 10.2. The first-order valence-corrected chi connectivity index (χ1v) is 5.73. The highest BCUT2D eigenvalue weighted by atomic mass is 16.5. The van der Waals surface area contributed by atoms with Crippen molar-refractivity contribution < 1.29 is 4.74 Å². The fraction of sp³-hybridized carbons (Fsp3) is 0.462. The third-order valence-corrected chi connectivity index (χ3v) is 2.57. The molecule has 3 heteroatoms. The van der Waals surface area contributed by atoms with E-state index in [9.17, 15) is 0 Å². The van der Waals surface area contributed by atoms with Crippen LogP contribution >= 0.6 is 0 Å². The summed E-state index contributed by atoms with van der Waals surface area (Å²) in [5, 5.41) is 0. The number of nitrogens with zero attached hydrogens (tertiary/aromatic N) is 2. The van der Waals surface area contributed by atoms with Crippen molar-refractivity contribution in [2.45, 2.75) is 26.1 Å². The van der Waals surface area contributed by atoms with E-state index < -0.39 is 0 Å². The largest absolute Gasteiger partial charge is 0.372 e. The fourth-order valence-electron chi connectivity index (χ4n) is 1.97. The first-order chi connectivity index (χ1) is 7.74. The number of benzene rings is 1. The zero-order valence-electron chi connectivity index (χ0n) is 9.84. The van der Waals surface area contributed by atoms with Gasteiger partial charge in [0.15, 0.2) is 0 Å². The molecule has 0 aliphatic carbocycles. The number of rotatable bonds is 2. The summed E-state index contributed by atoms with van der Waals surface area (Å²) < 4.78 is 5.67. The molecule has 1 aromatic rings. The van der Waals surface area contributed by atoms with Crippen LogP contribution in [0.2, 0.25) is 0 Å². The van der Waals surface area contributed by atoms with E-state index in [1.54, 1.807) is 0 Å². The third kappa shape index (κ3) is 3.07. The Kier molecular flexibility index (Phi) is 3.57. The van der Waals surface area contributed by atoms with Crippen LogP contribution in [-0.4, -0.2) is 36.5 Å². The van der Waals surface area contributed by atoms with Crippen LogP contribution in [0.5, 0.6) is 0 Å². The van der Waals surface area contributed by atoms with E-state index in [0.29, 0.717) is 0 Å². The molecule has 0 aromatic heterocycles. The van der Waals surface area contributed by atoms with Crippen LogP contribution in [0.1, 0.15) is 13.8 Å². The summed E-state index contributed by atoms with van der Waals surface area (Å²) in [7, 11) is 0. The quantitative estimate of drug-likeness (QED) is 0.562. The lowest BCUT2D eigenvalue weighted by Gasteiger charge is -2.33. The van der Waals surface area contributed by atoms with Crippen LogP contribution in [0.15, 0.2) is 35.3 Å². The van der Waals surface area contributed by atoms with E-state index in [1.165, 1.54) is 0 Å². The fourth-order valence-corrected chi connectivity index (χ4v) is 1.97. The lowest BCUT2D eigenvalue weighted by Crippen LogP contribution is -2.44. The Morgan fingerprint density at radius 2 is 1.81 bits per heavy atom. The zero-order chi connectivity index (χ0) is 11.4. The maximum Gasteiger partial charge on any atom is 0.0914 e. The van der Waals surface area contributed by atoms with Crippen LogP contribution in [0.25, 0.3) is 0 Å². The van der Waals surface area contributed by atoms with Crippen molar-refractivity contribution >= 4 is 12.0 Å². The van der Waals surface area contributed by atoms with Gasteiger partial charge in [-0.1, -0.05) is 18.2 Å². The Morgan fingerprint density at radius 3 is 2.44 bits per heavy atom. The summed E-state index contributed by atoms with van der Waals surface area (Å²) in [5.41, 5.74) is 0.995. The number of para-hydroxylation sites is 1. The molecule has 0 spiro atoms. The standard InChI is InChI=1S/C13H18N2O/c1-11-8-15(9-12(2)16-11)10-14-13-6-4-3-5-7-13/h3-7,10-12H,8-9H2,1-2H3. The summed E-state index contributed by atoms with van der Waals surface area (Å²) in [6.45, 7) is 6.03. The number of aliphatic imine (C=N–C) groups is 1. The number of morpholine rings is 1. The molecule has 3 nitrogen and oxygen atoms in total. The SMILES string of the molecule is CC1CN(C=Nc2ccccc2)CC(C)O1. The van der Waals surface area contributed by atoms with Crippen molar-refractivity contribution in [2.75, 3.05) is 13.1 Å². The smallest absolute Gasteiger partial charge is 0.0914 e. The second-order valence-corrected chi connectivity index (χ2v) is 4.29. The Morgan fingerprint density at radius 1 is 1.19 bits per heavy atom. The third-order valence-electron chi connectivity index (χ3n) is 2.57. The molecule has 1 aliphatic heterocycles. The minimum absolute atomic E-state index is 0.283. The molecule has 1 heterocycles. The highest BCUT2D eigenvalue weighted by molar-refractivity contribution is 5.61. The predicted molar refractivity (Wildman–Crippen MR) is 66.2 cm³/mol. The lowest BCUT2D eigenvalue weighted by molar-refractivity contribution is -0.0466. The molecule has 1 saturated heterocycles. The van der Waals surface area contributed by atoms with Gasteiger partial charge in [-0.15, -0.1) is 0 Å². The minimum Gasteiger partial charge on any atom is -0.372 e. The summed E-state index contributed by atoms with van der Waals surface area (Å²) >= 11 is 0. The molecule has 16 heavy (non-hydrogen) atoms. The first-order valence-electron chi connectivity index (χ1n) is 5.73. The topological polar surface area (TPSA) is 24.8 Å². The number of hydrogen-bond donors (Lipinski definition) is 0. The molecular weight excluding hydrogens is 200 g/mol. The van der Waals surface area contributed by atoms with Gasteiger partial charge in [-0.25, -0.2) is 4.99 Å². The maximum absolute atomic E-state index is 5.67. The molecule has 0 N–H and O–H groups in total. The van der Waals surface area contributed by atoms with Gasteiger partial charge in [-0.05, 0) is 26.0 Å². The van der Waals surface area contributed by atoms with Gasteiger partial charge < -0.3 is 9.64 Å². The highest BCUT2D eigenvalue weighted by Gasteiger charge is 2.19. The van der Waals surface area contributed by atoms with E-state index in [4.69, 9.17) is 4.74 Å². The van der Waals surface area contributed by atoms with Crippen LogP contribution in [-0.2, 0) is 4.74 Å². The van der Waals surface area contributed by atoms with Crippen molar-refractivity contribution in [3.63, 3.8) is 0 Å². The van der Waals surface area contributed by atoms with Gasteiger partial charge in [0, 0.05) is 13.1 Å². The van der Waals surface area contributed by atoms with Crippen molar-refractivity contribution in [3.8, 4) is 0 Å². The average molecular weight is 218 g/mol. The van der Waals surface area contributed by atoms with Crippen molar-refractivity contribution in [2.24, 2.45) is 4.99 Å². The van der Waals surface area contributed by atoms with E-state index in [1.807, 2.05) is 36.7 Å². The summed E-state index contributed by atoms with van der Waals surface area (Å²) in [5.74, 6) is 0. The highest BCUT2D eigenvalue weighted by Crippen LogP contribution is 2.12. The van der Waals surface area contributed by atoms with Crippen molar-refractivity contribution in [3.05, 3.63) is 30.3 Å². The van der Waals surface area contributed by atoms with E-state index in [0.717, 1.165) is 18.8 Å². The molecular formula is C13H18N2O. The molecule has 1 fully saturated rings. The van der Waals surface area contributed by atoms with Crippen molar-refractivity contribution in [1.29, 1.82) is 0 Å². The Balaban J connectivity index is 1.96.